The largest absolute Gasteiger partial charge is 0.416 e. The predicted octanol–water partition coefficient (Wildman–Crippen LogP) is 3.75. The first-order valence-corrected chi connectivity index (χ1v) is 9.50. The molecule has 162 valence electrons. The SMILES string of the molecule is CN(CC(=O)Nc1cc(C(F)(F)F)ccc1N1CCOCC1)Cc1ccccc1F. The summed E-state index contributed by atoms with van der Waals surface area (Å²) in [4.78, 5) is 16.0. The van der Waals surface area contributed by atoms with Crippen molar-refractivity contribution in [2.75, 3.05) is 50.1 Å². The second-order valence-corrected chi connectivity index (χ2v) is 7.14. The number of nitrogens with one attached hydrogen (secondary N) is 1. The highest BCUT2D eigenvalue weighted by molar-refractivity contribution is 5.95. The number of carbonyl (C=O) groups excluding carboxylic acids is 1. The lowest BCUT2D eigenvalue weighted by atomic mass is 10.1. The maximum atomic E-state index is 13.8. The van der Waals surface area contributed by atoms with Gasteiger partial charge in [0.1, 0.15) is 5.82 Å². The first-order chi connectivity index (χ1) is 14.2. The van der Waals surface area contributed by atoms with Gasteiger partial charge in [0, 0.05) is 25.2 Å². The fourth-order valence-corrected chi connectivity index (χ4v) is 3.30. The van der Waals surface area contributed by atoms with E-state index in [1.54, 1.807) is 30.1 Å². The highest BCUT2D eigenvalue weighted by Crippen LogP contribution is 2.35. The summed E-state index contributed by atoms with van der Waals surface area (Å²) < 4.78 is 58.6. The zero-order chi connectivity index (χ0) is 21.7. The maximum Gasteiger partial charge on any atom is 0.416 e. The molecule has 1 fully saturated rings. The number of nitrogens with zero attached hydrogens (tertiary/aromatic N) is 2. The summed E-state index contributed by atoms with van der Waals surface area (Å²) in [7, 11) is 1.64. The van der Waals surface area contributed by atoms with Crippen LogP contribution in [0.1, 0.15) is 11.1 Å². The van der Waals surface area contributed by atoms with E-state index in [-0.39, 0.29) is 24.6 Å². The molecule has 3 rings (SSSR count). The zero-order valence-electron chi connectivity index (χ0n) is 16.5. The molecular weight excluding hydrogens is 402 g/mol. The molecule has 0 atom stereocenters. The Balaban J connectivity index is 1.74. The van der Waals surface area contributed by atoms with Crippen LogP contribution in [0.3, 0.4) is 0 Å². The van der Waals surface area contributed by atoms with Gasteiger partial charge in [-0.2, -0.15) is 13.2 Å². The van der Waals surface area contributed by atoms with Crippen molar-refractivity contribution in [1.29, 1.82) is 0 Å². The lowest BCUT2D eigenvalue weighted by molar-refractivity contribution is -0.137. The summed E-state index contributed by atoms with van der Waals surface area (Å²) in [5.41, 5.74) is 0.197. The maximum absolute atomic E-state index is 13.8. The van der Waals surface area contributed by atoms with E-state index in [0.717, 1.165) is 12.1 Å². The number of halogens is 4. The van der Waals surface area contributed by atoms with Crippen molar-refractivity contribution < 1.29 is 27.1 Å². The number of benzene rings is 2. The molecule has 0 aromatic heterocycles. The first kappa shape index (κ1) is 22.0. The topological polar surface area (TPSA) is 44.8 Å². The van der Waals surface area contributed by atoms with Crippen molar-refractivity contribution >= 4 is 17.3 Å². The lowest BCUT2D eigenvalue weighted by Gasteiger charge is -2.31. The molecule has 0 radical (unpaired) electrons. The van der Waals surface area contributed by atoms with Gasteiger partial charge in [-0.3, -0.25) is 9.69 Å². The van der Waals surface area contributed by atoms with Crippen molar-refractivity contribution in [3.63, 3.8) is 0 Å². The van der Waals surface area contributed by atoms with Gasteiger partial charge in [-0.1, -0.05) is 18.2 Å². The van der Waals surface area contributed by atoms with E-state index in [1.807, 2.05) is 4.90 Å². The Kier molecular flexibility index (Phi) is 6.94. The second-order valence-electron chi connectivity index (χ2n) is 7.14. The van der Waals surface area contributed by atoms with Crippen LogP contribution < -0.4 is 10.2 Å². The van der Waals surface area contributed by atoms with Crippen molar-refractivity contribution in [2.24, 2.45) is 0 Å². The van der Waals surface area contributed by atoms with Gasteiger partial charge in [0.15, 0.2) is 0 Å². The van der Waals surface area contributed by atoms with Gasteiger partial charge in [0.2, 0.25) is 5.91 Å². The van der Waals surface area contributed by atoms with Crippen LogP contribution >= 0.6 is 0 Å². The van der Waals surface area contributed by atoms with E-state index in [2.05, 4.69) is 5.32 Å². The van der Waals surface area contributed by atoms with Crippen LogP contribution in [-0.2, 0) is 22.3 Å². The number of anilines is 2. The molecule has 0 aliphatic carbocycles. The molecule has 1 amide bonds. The highest BCUT2D eigenvalue weighted by atomic mass is 19.4. The molecular formula is C21H23F4N3O2. The average molecular weight is 425 g/mol. The van der Waals surface area contributed by atoms with E-state index in [1.165, 1.54) is 12.1 Å². The molecule has 5 nitrogen and oxygen atoms in total. The van der Waals surface area contributed by atoms with Crippen LogP contribution in [-0.4, -0.2) is 50.7 Å². The predicted molar refractivity (Wildman–Crippen MR) is 106 cm³/mol. The second kappa shape index (κ2) is 9.44. The summed E-state index contributed by atoms with van der Waals surface area (Å²) in [5, 5.41) is 2.59. The van der Waals surface area contributed by atoms with Gasteiger partial charge < -0.3 is 15.0 Å². The van der Waals surface area contributed by atoms with Crippen LogP contribution in [0.5, 0.6) is 0 Å². The number of hydrogen-bond donors (Lipinski definition) is 1. The number of morpholine rings is 1. The van der Waals surface area contributed by atoms with Crippen LogP contribution in [0, 0.1) is 5.82 Å². The standard InChI is InChI=1S/C21H23F4N3O2/c1-27(13-15-4-2-3-5-17(15)22)14-20(29)26-18-12-16(21(23,24)25)6-7-19(18)28-8-10-30-11-9-28/h2-7,12H,8-11,13-14H2,1H3,(H,26,29). The fourth-order valence-electron chi connectivity index (χ4n) is 3.30. The normalized spacial score (nSPS) is 14.8. The van der Waals surface area contributed by atoms with Gasteiger partial charge in [-0.15, -0.1) is 0 Å². The van der Waals surface area contributed by atoms with Crippen molar-refractivity contribution in [3.05, 3.63) is 59.4 Å². The van der Waals surface area contributed by atoms with Crippen molar-refractivity contribution in [1.82, 2.24) is 4.90 Å². The molecule has 1 heterocycles. The quantitative estimate of drug-likeness (QED) is 0.716. The van der Waals surface area contributed by atoms with Crippen LogP contribution in [0.4, 0.5) is 28.9 Å². The summed E-state index contributed by atoms with van der Waals surface area (Å²) in [6, 6.07) is 9.54. The van der Waals surface area contributed by atoms with Gasteiger partial charge in [-0.05, 0) is 31.3 Å². The molecule has 1 aliphatic heterocycles. The highest BCUT2D eigenvalue weighted by Gasteiger charge is 2.32. The van der Waals surface area contributed by atoms with Crippen LogP contribution in [0.2, 0.25) is 0 Å². The zero-order valence-corrected chi connectivity index (χ0v) is 16.5. The molecule has 1 aliphatic rings. The van der Waals surface area contributed by atoms with E-state index >= 15 is 0 Å². The number of ether oxygens (including phenoxy) is 1. The van der Waals surface area contributed by atoms with E-state index < -0.39 is 17.6 Å². The summed E-state index contributed by atoms with van der Waals surface area (Å²) in [6.07, 6.45) is -4.52. The summed E-state index contributed by atoms with van der Waals surface area (Å²) in [5.74, 6) is -0.861. The van der Waals surface area contributed by atoms with Crippen molar-refractivity contribution in [3.8, 4) is 0 Å². The molecule has 1 N–H and O–H groups in total. The van der Waals surface area contributed by atoms with Crippen molar-refractivity contribution in [2.45, 2.75) is 12.7 Å². The van der Waals surface area contributed by atoms with E-state index in [0.29, 0.717) is 37.6 Å². The smallest absolute Gasteiger partial charge is 0.378 e. The number of amides is 1. The third kappa shape index (κ3) is 5.70. The van der Waals surface area contributed by atoms with Gasteiger partial charge in [0.25, 0.3) is 0 Å². The monoisotopic (exact) mass is 425 g/mol. The first-order valence-electron chi connectivity index (χ1n) is 9.50. The minimum atomic E-state index is -4.52. The van der Waals surface area contributed by atoms with Gasteiger partial charge in [0.05, 0.1) is 36.7 Å². The number of carbonyl (C=O) groups is 1. The lowest BCUT2D eigenvalue weighted by Crippen LogP contribution is -2.37. The van der Waals surface area contributed by atoms with Gasteiger partial charge >= 0.3 is 6.18 Å². The Bertz CT molecular complexity index is 883. The van der Waals surface area contributed by atoms with E-state index in [9.17, 15) is 22.4 Å². The molecule has 0 spiro atoms. The molecule has 30 heavy (non-hydrogen) atoms. The molecule has 0 bridgehead atoms. The Morgan fingerprint density at radius 3 is 2.53 bits per heavy atom. The van der Waals surface area contributed by atoms with E-state index in [4.69, 9.17) is 4.74 Å². The fraction of sp³-hybridized carbons (Fsp3) is 0.381. The average Bonchev–Trinajstić information content (AvgIpc) is 2.69. The van der Waals surface area contributed by atoms with Gasteiger partial charge in [-0.25, -0.2) is 4.39 Å². The summed E-state index contributed by atoms with van der Waals surface area (Å²) >= 11 is 0. The third-order valence-electron chi connectivity index (χ3n) is 4.76. The number of rotatable bonds is 6. The van der Waals surface area contributed by atoms with Crippen LogP contribution in [0.25, 0.3) is 0 Å². The minimum Gasteiger partial charge on any atom is -0.378 e. The number of hydrogen-bond acceptors (Lipinski definition) is 4. The minimum absolute atomic E-state index is 0.0935. The molecule has 1 saturated heterocycles. The Labute approximate surface area is 172 Å². The Hall–Kier alpha value is -2.65. The number of alkyl halides is 3. The Morgan fingerprint density at radius 1 is 1.17 bits per heavy atom. The Morgan fingerprint density at radius 2 is 1.87 bits per heavy atom. The molecule has 2 aromatic rings. The molecule has 0 unspecified atom stereocenters. The molecule has 9 heteroatoms. The molecule has 2 aromatic carbocycles. The molecule has 0 saturated carbocycles. The summed E-state index contributed by atoms with van der Waals surface area (Å²) in [6.45, 7) is 2.04. The number of likely N-dealkylation sites (N-methyl/N-ethyl adjacent to an activating group) is 1. The third-order valence-corrected chi connectivity index (χ3v) is 4.76. The van der Waals surface area contributed by atoms with Crippen LogP contribution in [0.15, 0.2) is 42.5 Å².